The van der Waals surface area contributed by atoms with E-state index in [0.717, 1.165) is 0 Å². The van der Waals surface area contributed by atoms with Gasteiger partial charge in [0.1, 0.15) is 0 Å². The Bertz CT molecular complexity index is 1200. The van der Waals surface area contributed by atoms with Gasteiger partial charge < -0.3 is 0 Å². The van der Waals surface area contributed by atoms with Crippen LogP contribution in [0.4, 0.5) is 0 Å². The van der Waals surface area contributed by atoms with E-state index in [1.54, 1.807) is 5.57 Å². The Hall–Kier alpha value is -2.86. The summed E-state index contributed by atoms with van der Waals surface area (Å²) in [5.41, 5.74) is 10.2. The van der Waals surface area contributed by atoms with E-state index in [1.807, 2.05) is 0 Å². The number of rotatable bonds is 10. The monoisotopic (exact) mass is 536 g/mol. The highest BCUT2D eigenvalue weighted by Gasteiger charge is 2.30. The summed E-state index contributed by atoms with van der Waals surface area (Å²) in [5.74, 6) is 0.532. The van der Waals surface area contributed by atoms with Crippen LogP contribution in [0.25, 0.3) is 0 Å². The number of allylic oxidation sites excluding steroid dienone is 22. The van der Waals surface area contributed by atoms with Crippen LogP contribution in [0.5, 0.6) is 0 Å². The molecule has 2 rings (SSSR count). The Balaban J connectivity index is 1.88. The van der Waals surface area contributed by atoms with Gasteiger partial charge in [-0.2, -0.15) is 0 Å². The summed E-state index contributed by atoms with van der Waals surface area (Å²) in [6.07, 6.45) is 39.5. The maximum absolute atomic E-state index is 2.41. The summed E-state index contributed by atoms with van der Waals surface area (Å²) < 4.78 is 0. The lowest BCUT2D eigenvalue weighted by molar-refractivity contribution is 0.255. The Morgan fingerprint density at radius 3 is 1.77 bits per heavy atom. The normalized spacial score (nSPS) is 23.6. The first-order valence-electron chi connectivity index (χ1n) is 15.3. The van der Waals surface area contributed by atoms with Crippen molar-refractivity contribution in [3.05, 3.63) is 130 Å². The molecule has 40 heavy (non-hydrogen) atoms. The van der Waals surface area contributed by atoms with Crippen LogP contribution in [-0.4, -0.2) is 0 Å². The van der Waals surface area contributed by atoms with Crippen molar-refractivity contribution in [2.45, 2.75) is 101 Å². The minimum Gasteiger partial charge on any atom is -0.0850 e. The molecule has 2 aliphatic rings. The summed E-state index contributed by atoms with van der Waals surface area (Å²) in [6, 6.07) is 0. The lowest BCUT2D eigenvalue weighted by atomic mass is 9.68. The lowest BCUT2D eigenvalue weighted by Gasteiger charge is -2.36. The number of hydrogen-bond acceptors (Lipinski definition) is 0. The molecule has 0 saturated heterocycles. The largest absolute Gasteiger partial charge is 0.0850 e. The highest BCUT2D eigenvalue weighted by atomic mass is 14.3. The van der Waals surface area contributed by atoms with Crippen molar-refractivity contribution in [3.8, 4) is 0 Å². The van der Waals surface area contributed by atoms with Gasteiger partial charge in [-0.25, -0.2) is 0 Å². The van der Waals surface area contributed by atoms with Gasteiger partial charge in [-0.05, 0) is 90.0 Å². The van der Waals surface area contributed by atoms with Gasteiger partial charge >= 0.3 is 0 Å². The van der Waals surface area contributed by atoms with Crippen LogP contribution in [0.15, 0.2) is 130 Å². The van der Waals surface area contributed by atoms with E-state index in [1.165, 1.54) is 65.5 Å². The molecular formula is C40H56. The van der Waals surface area contributed by atoms with Crippen LogP contribution in [0, 0.1) is 16.7 Å². The van der Waals surface area contributed by atoms with Gasteiger partial charge in [-0.15, -0.1) is 0 Å². The van der Waals surface area contributed by atoms with Gasteiger partial charge in [0.25, 0.3) is 0 Å². The molecule has 0 amide bonds. The van der Waals surface area contributed by atoms with Crippen molar-refractivity contribution < 1.29 is 0 Å². The minimum atomic E-state index is 0.291. The van der Waals surface area contributed by atoms with E-state index in [-0.39, 0.29) is 0 Å². The highest BCUT2D eigenvalue weighted by Crippen LogP contribution is 2.42. The van der Waals surface area contributed by atoms with Gasteiger partial charge in [0.05, 0.1) is 0 Å². The molecule has 0 fully saturated rings. The number of hydrogen-bond donors (Lipinski definition) is 0. The molecule has 0 radical (unpaired) electrons. The van der Waals surface area contributed by atoms with Gasteiger partial charge in [0.2, 0.25) is 0 Å². The Labute approximate surface area is 247 Å². The molecule has 0 bridgehead atoms. The van der Waals surface area contributed by atoms with Gasteiger partial charge in [-0.1, -0.05) is 152 Å². The van der Waals surface area contributed by atoms with Gasteiger partial charge in [0, 0.05) is 5.92 Å². The third kappa shape index (κ3) is 11.3. The van der Waals surface area contributed by atoms with Gasteiger partial charge in [0.15, 0.2) is 0 Å². The van der Waals surface area contributed by atoms with Crippen LogP contribution in [0.2, 0.25) is 0 Å². The van der Waals surface area contributed by atoms with Crippen molar-refractivity contribution in [2.75, 3.05) is 0 Å². The van der Waals surface area contributed by atoms with Crippen LogP contribution >= 0.6 is 0 Å². The van der Waals surface area contributed by atoms with Crippen molar-refractivity contribution in [3.63, 3.8) is 0 Å². The average molecular weight is 537 g/mol. The predicted molar refractivity (Wildman–Crippen MR) is 181 cm³/mol. The molecule has 0 aliphatic heterocycles. The van der Waals surface area contributed by atoms with E-state index < -0.39 is 0 Å². The molecule has 1 unspecified atom stereocenters. The third-order valence-corrected chi connectivity index (χ3v) is 8.46. The smallest absolute Gasteiger partial charge is 0.00285 e. The fraction of sp³-hybridized carbons (Fsp3) is 0.450. The zero-order valence-electron chi connectivity index (χ0n) is 27.3. The summed E-state index contributed by atoms with van der Waals surface area (Å²) in [6.45, 7) is 22.7. The highest BCUT2D eigenvalue weighted by molar-refractivity contribution is 5.37. The summed E-state index contributed by atoms with van der Waals surface area (Å²) in [7, 11) is 0. The Kier molecular flexibility index (Phi) is 13.2. The molecule has 0 heterocycles. The summed E-state index contributed by atoms with van der Waals surface area (Å²) in [5, 5.41) is 0. The zero-order chi connectivity index (χ0) is 29.8. The summed E-state index contributed by atoms with van der Waals surface area (Å²) >= 11 is 0. The molecule has 0 saturated carbocycles. The van der Waals surface area contributed by atoms with E-state index in [4.69, 9.17) is 0 Å². The van der Waals surface area contributed by atoms with Crippen molar-refractivity contribution in [1.29, 1.82) is 0 Å². The van der Waals surface area contributed by atoms with Crippen molar-refractivity contribution in [2.24, 2.45) is 16.7 Å². The SMILES string of the molecule is CC1=CCCC(C)(C)C1C=C/C(C)=C/C=C/C(C)=C/C=C/C=C(C)/C=C/C=C(C)/C=C/C1=C(C)CCCC1(C)C. The molecule has 0 N–H and O–H groups in total. The molecule has 2 aliphatic carbocycles. The molecule has 0 heteroatoms. The van der Waals surface area contributed by atoms with E-state index in [2.05, 4.69) is 160 Å². The van der Waals surface area contributed by atoms with E-state index in [9.17, 15) is 0 Å². The first-order chi connectivity index (χ1) is 18.8. The van der Waals surface area contributed by atoms with Crippen LogP contribution in [0.3, 0.4) is 0 Å². The maximum Gasteiger partial charge on any atom is 0.00285 e. The fourth-order valence-electron chi connectivity index (χ4n) is 5.80. The van der Waals surface area contributed by atoms with E-state index >= 15 is 0 Å². The lowest BCUT2D eigenvalue weighted by Crippen LogP contribution is -2.26. The fourth-order valence-corrected chi connectivity index (χ4v) is 5.80. The standard InChI is InChI=1S/C40H56/c1-31(19-13-21-33(3)25-27-37-35(5)23-15-29-39(37,7)8)17-11-12-18-32(2)20-14-22-34(4)26-28-38-36(6)24-16-30-40(38,9)10/h11-14,17-23,25-28,37H,15-16,24,29-30H2,1-10H3/b12-11+,19-13+,20-14+,27-25?,28-26+,31-17+,32-18+,33-21+,34-22+. The second-order valence-electron chi connectivity index (χ2n) is 13.3. The molecule has 216 valence electrons. The van der Waals surface area contributed by atoms with E-state index in [0.29, 0.717) is 16.7 Å². The minimum absolute atomic E-state index is 0.291. The van der Waals surface area contributed by atoms with Crippen molar-refractivity contribution in [1.82, 2.24) is 0 Å². The summed E-state index contributed by atoms with van der Waals surface area (Å²) in [4.78, 5) is 0. The molecule has 1 atom stereocenters. The maximum atomic E-state index is 2.41. The second-order valence-corrected chi connectivity index (χ2v) is 13.3. The zero-order valence-corrected chi connectivity index (χ0v) is 27.3. The first-order valence-corrected chi connectivity index (χ1v) is 15.3. The first kappa shape index (κ1) is 33.3. The van der Waals surface area contributed by atoms with Crippen molar-refractivity contribution >= 4 is 0 Å². The van der Waals surface area contributed by atoms with Crippen LogP contribution in [0.1, 0.15) is 101 Å². The van der Waals surface area contributed by atoms with Gasteiger partial charge in [-0.3, -0.25) is 0 Å². The second kappa shape index (κ2) is 15.8. The Morgan fingerprint density at radius 1 is 0.700 bits per heavy atom. The average Bonchev–Trinajstić information content (AvgIpc) is 2.85. The predicted octanol–water partition coefficient (Wildman–Crippen LogP) is 12.5. The molecule has 0 nitrogen and oxygen atoms in total. The Morgan fingerprint density at radius 2 is 1.23 bits per heavy atom. The molecule has 0 aromatic rings. The van der Waals surface area contributed by atoms with Crippen LogP contribution in [-0.2, 0) is 0 Å². The quantitative estimate of drug-likeness (QED) is 0.192. The molecule has 0 spiro atoms. The molecule has 0 aromatic carbocycles. The molecule has 0 aromatic heterocycles. The third-order valence-electron chi connectivity index (χ3n) is 8.46. The van der Waals surface area contributed by atoms with Crippen LogP contribution < -0.4 is 0 Å². The molecular weight excluding hydrogens is 480 g/mol. The topological polar surface area (TPSA) is 0 Å².